The Morgan fingerprint density at radius 3 is 2.61 bits per heavy atom. The van der Waals surface area contributed by atoms with Gasteiger partial charge in [-0.05, 0) is 92.8 Å². The number of aromatic amines is 1. The SMILES string of the molecule is C[C@H](N)CCCc1cc(Cl)c(F)c(-c2cc3cn(-c4ccc([C@@H]5CCC[C@@H](CCCC6CCCC6)N5)cc4)c(=O)nc3[nH]2)c1. The number of halogens is 2. The van der Waals surface area contributed by atoms with E-state index in [1.807, 2.05) is 31.2 Å². The number of hydrogen-bond acceptors (Lipinski definition) is 4. The smallest absolute Gasteiger partial charge is 0.339 e. The zero-order chi connectivity index (χ0) is 30.6. The summed E-state index contributed by atoms with van der Waals surface area (Å²) in [5.41, 5.74) is 9.78. The van der Waals surface area contributed by atoms with Crippen molar-refractivity contribution < 1.29 is 4.39 Å². The van der Waals surface area contributed by atoms with E-state index in [9.17, 15) is 4.79 Å². The molecule has 6 rings (SSSR count). The second-order valence-corrected chi connectivity index (χ2v) is 13.6. The Balaban J connectivity index is 1.16. The molecule has 2 fully saturated rings. The number of piperidine rings is 1. The van der Waals surface area contributed by atoms with Crippen molar-refractivity contribution in [2.75, 3.05) is 0 Å². The second kappa shape index (κ2) is 14.0. The minimum absolute atomic E-state index is 0.0763. The molecule has 0 radical (unpaired) electrons. The van der Waals surface area contributed by atoms with Crippen molar-refractivity contribution in [3.8, 4) is 16.9 Å². The van der Waals surface area contributed by atoms with Crippen LogP contribution in [-0.2, 0) is 6.42 Å². The molecule has 4 N–H and O–H groups in total. The number of hydrogen-bond donors (Lipinski definition) is 3. The Morgan fingerprint density at radius 2 is 1.84 bits per heavy atom. The van der Waals surface area contributed by atoms with Gasteiger partial charge in [0.1, 0.15) is 5.65 Å². The van der Waals surface area contributed by atoms with Crippen LogP contribution >= 0.6 is 11.6 Å². The Hall–Kier alpha value is -3.00. The van der Waals surface area contributed by atoms with E-state index in [1.165, 1.54) is 63.4 Å². The van der Waals surface area contributed by atoms with E-state index in [0.29, 0.717) is 29.0 Å². The molecule has 0 bridgehead atoms. The van der Waals surface area contributed by atoms with Gasteiger partial charge in [-0.1, -0.05) is 68.7 Å². The first-order valence-electron chi connectivity index (χ1n) is 16.6. The lowest BCUT2D eigenvalue weighted by atomic mass is 9.90. The number of rotatable bonds is 11. The monoisotopic (exact) mass is 617 g/mol. The van der Waals surface area contributed by atoms with Crippen molar-refractivity contribution in [1.82, 2.24) is 19.9 Å². The van der Waals surface area contributed by atoms with Gasteiger partial charge in [0.15, 0.2) is 5.82 Å². The molecule has 2 aromatic carbocycles. The Kier molecular flexibility index (Phi) is 9.84. The van der Waals surface area contributed by atoms with E-state index in [0.717, 1.165) is 48.2 Å². The van der Waals surface area contributed by atoms with Crippen LogP contribution in [0.2, 0.25) is 5.02 Å². The minimum Gasteiger partial charge on any atom is -0.339 e. The quantitative estimate of drug-likeness (QED) is 0.158. The maximum atomic E-state index is 15.1. The summed E-state index contributed by atoms with van der Waals surface area (Å²) in [6, 6.07) is 14.6. The predicted octanol–water partition coefficient (Wildman–Crippen LogP) is 8.39. The maximum absolute atomic E-state index is 15.1. The largest absolute Gasteiger partial charge is 0.354 e. The third-order valence-electron chi connectivity index (χ3n) is 9.71. The summed E-state index contributed by atoms with van der Waals surface area (Å²) in [5.74, 6) is 0.468. The molecule has 0 spiro atoms. The highest BCUT2D eigenvalue weighted by Crippen LogP contribution is 2.33. The molecule has 1 aliphatic carbocycles. The number of aryl methyl sites for hydroxylation is 1. The van der Waals surface area contributed by atoms with Crippen molar-refractivity contribution in [2.24, 2.45) is 11.7 Å². The van der Waals surface area contributed by atoms with E-state index in [1.54, 1.807) is 16.8 Å². The van der Waals surface area contributed by atoms with Crippen molar-refractivity contribution in [2.45, 2.75) is 109 Å². The first kappa shape index (κ1) is 31.0. The second-order valence-electron chi connectivity index (χ2n) is 13.2. The fourth-order valence-electron chi connectivity index (χ4n) is 7.27. The summed E-state index contributed by atoms with van der Waals surface area (Å²) in [6.45, 7) is 1.98. The number of nitrogens with one attached hydrogen (secondary N) is 2. The fourth-order valence-corrected chi connectivity index (χ4v) is 7.51. The molecule has 1 saturated carbocycles. The summed E-state index contributed by atoms with van der Waals surface area (Å²) in [7, 11) is 0. The van der Waals surface area contributed by atoms with Crippen LogP contribution in [0.5, 0.6) is 0 Å². The highest BCUT2D eigenvalue weighted by molar-refractivity contribution is 6.31. The molecular formula is C36H45ClFN5O. The lowest BCUT2D eigenvalue weighted by molar-refractivity contribution is 0.300. The van der Waals surface area contributed by atoms with Crippen LogP contribution in [-0.4, -0.2) is 26.6 Å². The molecular weight excluding hydrogens is 573 g/mol. The normalized spacial score (nSPS) is 20.0. The molecule has 0 unspecified atom stereocenters. The molecule has 4 aromatic rings. The molecule has 3 heterocycles. The topological polar surface area (TPSA) is 88.7 Å². The summed E-state index contributed by atoms with van der Waals surface area (Å²) in [5, 5.41) is 4.70. The summed E-state index contributed by atoms with van der Waals surface area (Å²) < 4.78 is 16.7. The van der Waals surface area contributed by atoms with Gasteiger partial charge in [-0.15, -0.1) is 0 Å². The van der Waals surface area contributed by atoms with E-state index in [-0.39, 0.29) is 16.8 Å². The Morgan fingerprint density at radius 1 is 1.05 bits per heavy atom. The van der Waals surface area contributed by atoms with Gasteiger partial charge in [-0.25, -0.2) is 9.18 Å². The first-order chi connectivity index (χ1) is 21.3. The third-order valence-corrected chi connectivity index (χ3v) is 9.98. The minimum atomic E-state index is -0.493. The summed E-state index contributed by atoms with van der Waals surface area (Å²) in [6.07, 6.45) is 17.6. The summed E-state index contributed by atoms with van der Waals surface area (Å²) in [4.78, 5) is 20.5. The number of aromatic nitrogens is 3. The van der Waals surface area contributed by atoms with E-state index < -0.39 is 5.82 Å². The number of H-pyrrole nitrogens is 1. The molecule has 2 aliphatic rings. The molecule has 3 atom stereocenters. The van der Waals surface area contributed by atoms with Crippen molar-refractivity contribution >= 4 is 22.6 Å². The van der Waals surface area contributed by atoms with Crippen molar-refractivity contribution in [3.63, 3.8) is 0 Å². The predicted molar refractivity (Wildman–Crippen MR) is 178 cm³/mol. The van der Waals surface area contributed by atoms with Crippen LogP contribution in [0.3, 0.4) is 0 Å². The van der Waals surface area contributed by atoms with Gasteiger partial charge >= 0.3 is 5.69 Å². The number of benzene rings is 2. The van der Waals surface area contributed by atoms with Crippen LogP contribution in [0.25, 0.3) is 28.0 Å². The molecule has 8 heteroatoms. The standard InChI is InChI=1S/C36H45ClFN5O/c1-23(39)7-4-11-25-19-30(34(38)31(37)20-25)33-21-27-22-43(36(44)42-35(27)41-33)29-17-15-26(16-18-29)32-14-6-13-28(40-32)12-5-10-24-8-2-3-9-24/h15-24,28,32,40H,2-14,39H2,1H3,(H,41,42,44)/t23-,28+,32-/m0/s1. The lowest BCUT2D eigenvalue weighted by Crippen LogP contribution is -2.36. The third kappa shape index (κ3) is 7.27. The van der Waals surface area contributed by atoms with Crippen LogP contribution in [0, 0.1) is 11.7 Å². The van der Waals surface area contributed by atoms with Gasteiger partial charge in [-0.2, -0.15) is 4.98 Å². The average molecular weight is 618 g/mol. The number of nitrogens with zero attached hydrogens (tertiary/aromatic N) is 2. The molecule has 1 aliphatic heterocycles. The Bertz CT molecular complexity index is 1620. The average Bonchev–Trinajstić information content (AvgIpc) is 3.68. The molecule has 234 valence electrons. The molecule has 44 heavy (non-hydrogen) atoms. The first-order valence-corrected chi connectivity index (χ1v) is 16.9. The van der Waals surface area contributed by atoms with Crippen LogP contribution < -0.4 is 16.7 Å². The van der Waals surface area contributed by atoms with Gasteiger partial charge in [0.2, 0.25) is 0 Å². The van der Waals surface area contributed by atoms with Gasteiger partial charge < -0.3 is 16.0 Å². The number of fused-ring (bicyclic) bond motifs is 1. The molecule has 6 nitrogen and oxygen atoms in total. The fraction of sp³-hybridized carbons (Fsp3) is 0.500. The van der Waals surface area contributed by atoms with Gasteiger partial charge in [0.05, 0.1) is 16.4 Å². The van der Waals surface area contributed by atoms with Gasteiger partial charge in [0.25, 0.3) is 0 Å². The zero-order valence-corrected chi connectivity index (χ0v) is 26.5. The van der Waals surface area contributed by atoms with Crippen molar-refractivity contribution in [1.29, 1.82) is 0 Å². The lowest BCUT2D eigenvalue weighted by Gasteiger charge is -2.32. The summed E-state index contributed by atoms with van der Waals surface area (Å²) >= 11 is 6.28. The molecule has 1 saturated heterocycles. The van der Waals surface area contributed by atoms with E-state index in [4.69, 9.17) is 17.3 Å². The Labute approximate surface area is 264 Å². The van der Waals surface area contributed by atoms with E-state index >= 15 is 4.39 Å². The highest BCUT2D eigenvalue weighted by atomic mass is 35.5. The van der Waals surface area contributed by atoms with Gasteiger partial charge in [-0.3, -0.25) is 4.57 Å². The zero-order valence-electron chi connectivity index (χ0n) is 25.8. The maximum Gasteiger partial charge on any atom is 0.354 e. The molecule has 2 aromatic heterocycles. The van der Waals surface area contributed by atoms with Crippen LogP contribution in [0.1, 0.15) is 101 Å². The van der Waals surface area contributed by atoms with E-state index in [2.05, 4.69) is 27.4 Å². The van der Waals surface area contributed by atoms with Crippen molar-refractivity contribution in [3.05, 3.63) is 81.1 Å². The highest BCUT2D eigenvalue weighted by Gasteiger charge is 2.23. The van der Waals surface area contributed by atoms with Crippen LogP contribution in [0.4, 0.5) is 4.39 Å². The van der Waals surface area contributed by atoms with Crippen LogP contribution in [0.15, 0.2) is 53.5 Å². The number of nitrogens with two attached hydrogens (primary N) is 1. The molecule has 0 amide bonds. The van der Waals surface area contributed by atoms with Gasteiger partial charge in [0, 0.05) is 35.3 Å².